The summed E-state index contributed by atoms with van der Waals surface area (Å²) < 4.78 is 2.27. The van der Waals surface area contributed by atoms with Crippen LogP contribution in [0.2, 0.25) is 0 Å². The van der Waals surface area contributed by atoms with Crippen molar-refractivity contribution in [3.05, 3.63) is 16.9 Å². The molecule has 0 atom stereocenters. The van der Waals surface area contributed by atoms with Gasteiger partial charge < -0.3 is 9.88 Å². The zero-order valence-corrected chi connectivity index (χ0v) is 13.9. The second-order valence-electron chi connectivity index (χ2n) is 5.85. The van der Waals surface area contributed by atoms with E-state index in [0.717, 1.165) is 16.7 Å². The zero-order chi connectivity index (χ0) is 15.1. The predicted molar refractivity (Wildman–Crippen MR) is 86.5 cm³/mol. The molecule has 8 heteroatoms. The van der Waals surface area contributed by atoms with Gasteiger partial charge in [0.1, 0.15) is 5.82 Å². The van der Waals surface area contributed by atoms with E-state index in [0.29, 0.717) is 22.8 Å². The molecule has 0 aromatic carbocycles. The van der Waals surface area contributed by atoms with Gasteiger partial charge in [-0.05, 0) is 32.6 Å². The number of nitrogens with zero attached hydrogens (tertiary/aromatic N) is 4. The van der Waals surface area contributed by atoms with Gasteiger partial charge in [-0.25, -0.2) is 4.98 Å². The fourth-order valence-corrected chi connectivity index (χ4v) is 3.90. The number of carbonyl (C=O) groups is 1. The number of hydrogen-bond acceptors (Lipinski definition) is 6. The molecule has 22 heavy (non-hydrogen) atoms. The summed E-state index contributed by atoms with van der Waals surface area (Å²) in [6.45, 7) is 1.92. The molecule has 2 aliphatic carbocycles. The third-order valence-electron chi connectivity index (χ3n) is 3.74. The first-order valence-electron chi connectivity index (χ1n) is 7.50. The standard InChI is InChI=1S/C14H17N5OS2/c1-8-6-21-13(15-8)16-11(20)7-22-14-18-17-12(9-2-3-9)19(14)10-4-5-10/h6,9-10H,2-5,7H2,1H3,(H,15,16,20). The van der Waals surface area contributed by atoms with Crippen molar-refractivity contribution < 1.29 is 4.79 Å². The van der Waals surface area contributed by atoms with Crippen LogP contribution >= 0.6 is 23.1 Å². The van der Waals surface area contributed by atoms with E-state index in [9.17, 15) is 4.79 Å². The van der Waals surface area contributed by atoms with Crippen LogP contribution in [0.15, 0.2) is 10.5 Å². The van der Waals surface area contributed by atoms with Gasteiger partial charge in [0.25, 0.3) is 0 Å². The number of amides is 1. The first kappa shape index (κ1) is 14.2. The van der Waals surface area contributed by atoms with Crippen molar-refractivity contribution in [3.63, 3.8) is 0 Å². The van der Waals surface area contributed by atoms with E-state index in [1.807, 2.05) is 12.3 Å². The van der Waals surface area contributed by atoms with Gasteiger partial charge in [-0.2, -0.15) is 0 Å². The molecular formula is C14H17N5OS2. The lowest BCUT2D eigenvalue weighted by Gasteiger charge is -2.07. The lowest BCUT2D eigenvalue weighted by molar-refractivity contribution is -0.113. The van der Waals surface area contributed by atoms with Gasteiger partial charge in [0.2, 0.25) is 5.91 Å². The number of thiazole rings is 1. The zero-order valence-electron chi connectivity index (χ0n) is 12.3. The quantitative estimate of drug-likeness (QED) is 0.822. The number of rotatable bonds is 6. The SMILES string of the molecule is Cc1csc(NC(=O)CSc2nnc(C3CC3)n2C2CC2)n1. The average Bonchev–Trinajstić information content (AvgIpc) is 3.42. The van der Waals surface area contributed by atoms with Crippen molar-refractivity contribution in [2.75, 3.05) is 11.1 Å². The molecule has 2 fully saturated rings. The Morgan fingerprint density at radius 1 is 1.41 bits per heavy atom. The largest absolute Gasteiger partial charge is 0.303 e. The fourth-order valence-electron chi connectivity index (χ4n) is 2.38. The van der Waals surface area contributed by atoms with Crippen LogP contribution in [0.3, 0.4) is 0 Å². The van der Waals surface area contributed by atoms with Gasteiger partial charge in [-0.1, -0.05) is 11.8 Å². The van der Waals surface area contributed by atoms with Crippen molar-refractivity contribution in [2.24, 2.45) is 0 Å². The number of carbonyl (C=O) groups excluding carboxylic acids is 1. The fraction of sp³-hybridized carbons (Fsp3) is 0.571. The molecule has 1 N–H and O–H groups in total. The molecule has 2 heterocycles. The van der Waals surface area contributed by atoms with E-state index in [-0.39, 0.29) is 5.91 Å². The first-order chi connectivity index (χ1) is 10.7. The van der Waals surface area contributed by atoms with Crippen molar-refractivity contribution in [1.29, 1.82) is 0 Å². The number of nitrogens with one attached hydrogen (secondary N) is 1. The monoisotopic (exact) mass is 335 g/mol. The summed E-state index contributed by atoms with van der Waals surface area (Å²) in [5.41, 5.74) is 0.926. The van der Waals surface area contributed by atoms with E-state index >= 15 is 0 Å². The summed E-state index contributed by atoms with van der Waals surface area (Å²) in [6, 6.07) is 0.553. The van der Waals surface area contributed by atoms with E-state index in [4.69, 9.17) is 0 Å². The molecule has 0 saturated heterocycles. The third-order valence-corrected chi connectivity index (χ3v) is 5.56. The highest BCUT2D eigenvalue weighted by Crippen LogP contribution is 2.45. The maximum Gasteiger partial charge on any atom is 0.236 e. The third kappa shape index (κ3) is 3.03. The maximum atomic E-state index is 12.0. The Bertz CT molecular complexity index is 702. The lowest BCUT2D eigenvalue weighted by Crippen LogP contribution is -2.14. The molecule has 4 rings (SSSR count). The molecule has 0 spiro atoms. The number of thioether (sulfide) groups is 1. The topological polar surface area (TPSA) is 72.7 Å². The second-order valence-corrected chi connectivity index (χ2v) is 7.65. The molecule has 0 unspecified atom stereocenters. The van der Waals surface area contributed by atoms with Gasteiger partial charge in [-0.15, -0.1) is 21.5 Å². The molecule has 6 nitrogen and oxygen atoms in total. The molecule has 2 aromatic heterocycles. The van der Waals surface area contributed by atoms with Crippen LogP contribution in [0.5, 0.6) is 0 Å². The minimum atomic E-state index is -0.0438. The molecule has 0 aliphatic heterocycles. The highest BCUT2D eigenvalue weighted by molar-refractivity contribution is 7.99. The van der Waals surface area contributed by atoms with E-state index in [2.05, 4.69) is 25.1 Å². The van der Waals surface area contributed by atoms with Crippen LogP contribution in [-0.4, -0.2) is 31.4 Å². The molecule has 2 aromatic rings. The van der Waals surface area contributed by atoms with Crippen molar-refractivity contribution in [3.8, 4) is 0 Å². The van der Waals surface area contributed by atoms with E-state index in [1.54, 1.807) is 0 Å². The van der Waals surface area contributed by atoms with E-state index < -0.39 is 0 Å². The summed E-state index contributed by atoms with van der Waals surface area (Å²) in [7, 11) is 0. The Kier molecular flexibility index (Phi) is 3.65. The molecule has 1 amide bonds. The number of aromatic nitrogens is 4. The van der Waals surface area contributed by atoms with Gasteiger partial charge in [-0.3, -0.25) is 4.79 Å². The first-order valence-corrected chi connectivity index (χ1v) is 9.37. The minimum Gasteiger partial charge on any atom is -0.303 e. The number of hydrogen-bond donors (Lipinski definition) is 1. The smallest absolute Gasteiger partial charge is 0.236 e. The molecule has 2 aliphatic rings. The lowest BCUT2D eigenvalue weighted by atomic mass is 10.4. The molecule has 2 saturated carbocycles. The summed E-state index contributed by atoms with van der Waals surface area (Å²) in [5.74, 6) is 2.02. The summed E-state index contributed by atoms with van der Waals surface area (Å²) in [5, 5.41) is 15.0. The van der Waals surface area contributed by atoms with Crippen LogP contribution in [-0.2, 0) is 4.79 Å². The maximum absolute atomic E-state index is 12.0. The second kappa shape index (κ2) is 5.66. The molecule has 0 bridgehead atoms. The van der Waals surface area contributed by atoms with Crippen molar-refractivity contribution in [1.82, 2.24) is 19.7 Å². The van der Waals surface area contributed by atoms with E-state index in [1.165, 1.54) is 48.8 Å². The number of anilines is 1. The average molecular weight is 335 g/mol. The summed E-state index contributed by atoms with van der Waals surface area (Å²) in [6.07, 6.45) is 4.85. The van der Waals surface area contributed by atoms with Gasteiger partial charge in [0.15, 0.2) is 10.3 Å². The highest BCUT2D eigenvalue weighted by atomic mass is 32.2. The van der Waals surface area contributed by atoms with Gasteiger partial charge in [0, 0.05) is 17.3 Å². The molecule has 116 valence electrons. The Hall–Kier alpha value is -1.41. The van der Waals surface area contributed by atoms with Crippen LogP contribution < -0.4 is 5.32 Å². The van der Waals surface area contributed by atoms with Crippen molar-refractivity contribution in [2.45, 2.75) is 49.7 Å². The Labute approximate surface area is 136 Å². The van der Waals surface area contributed by atoms with Crippen molar-refractivity contribution >= 4 is 34.1 Å². The van der Waals surface area contributed by atoms with Crippen LogP contribution in [0, 0.1) is 6.92 Å². The Balaban J connectivity index is 1.40. The number of aryl methyl sites for hydroxylation is 1. The minimum absolute atomic E-state index is 0.0438. The summed E-state index contributed by atoms with van der Waals surface area (Å²) in [4.78, 5) is 16.3. The van der Waals surface area contributed by atoms with Gasteiger partial charge >= 0.3 is 0 Å². The predicted octanol–water partition coefficient (Wildman–Crippen LogP) is 2.99. The normalized spacial score (nSPS) is 17.7. The Morgan fingerprint density at radius 3 is 2.86 bits per heavy atom. The molecular weight excluding hydrogens is 318 g/mol. The Morgan fingerprint density at radius 2 is 2.23 bits per heavy atom. The van der Waals surface area contributed by atoms with Crippen LogP contribution in [0.25, 0.3) is 0 Å². The summed E-state index contributed by atoms with van der Waals surface area (Å²) >= 11 is 2.92. The highest BCUT2D eigenvalue weighted by Gasteiger charge is 2.36. The molecule has 0 radical (unpaired) electrons. The van der Waals surface area contributed by atoms with Gasteiger partial charge in [0.05, 0.1) is 11.4 Å². The van der Waals surface area contributed by atoms with Crippen LogP contribution in [0.1, 0.15) is 49.2 Å². The van der Waals surface area contributed by atoms with Crippen LogP contribution in [0.4, 0.5) is 5.13 Å².